The maximum atomic E-state index is 12.5. The first-order valence-corrected chi connectivity index (χ1v) is 8.06. The summed E-state index contributed by atoms with van der Waals surface area (Å²) in [6.45, 7) is 0.568. The second kappa shape index (κ2) is 5.88. The number of nitrogens with one attached hydrogen (secondary N) is 2. The molecule has 0 bridgehead atoms. The van der Waals surface area contributed by atoms with Crippen molar-refractivity contribution in [3.05, 3.63) is 65.6 Å². The lowest BCUT2D eigenvalue weighted by Gasteiger charge is -2.22. The molecule has 2 aromatic heterocycles. The monoisotopic (exact) mass is 305 g/mol. The third-order valence-corrected chi connectivity index (χ3v) is 4.68. The van der Waals surface area contributed by atoms with Crippen LogP contribution in [0.25, 0.3) is 10.9 Å². The molecular weight excluding hydrogens is 286 g/mol. The first-order chi connectivity index (χ1) is 11.3. The van der Waals surface area contributed by atoms with Gasteiger partial charge in [-0.15, -0.1) is 0 Å². The summed E-state index contributed by atoms with van der Waals surface area (Å²) in [4.78, 5) is 20.0. The normalized spacial score (nSPS) is 17.0. The molecule has 3 aromatic rings. The fourth-order valence-electron chi connectivity index (χ4n) is 3.43. The van der Waals surface area contributed by atoms with Gasteiger partial charge in [-0.3, -0.25) is 9.78 Å². The van der Waals surface area contributed by atoms with Crippen LogP contribution in [0.4, 0.5) is 0 Å². The molecule has 4 nitrogen and oxygen atoms in total. The van der Waals surface area contributed by atoms with Gasteiger partial charge < -0.3 is 10.3 Å². The smallest absolute Gasteiger partial charge is 0.223 e. The molecule has 0 saturated carbocycles. The largest absolute Gasteiger partial charge is 0.358 e. The van der Waals surface area contributed by atoms with E-state index < -0.39 is 0 Å². The van der Waals surface area contributed by atoms with Crippen molar-refractivity contribution >= 4 is 16.8 Å². The van der Waals surface area contributed by atoms with E-state index in [1.54, 1.807) is 12.4 Å². The molecule has 2 N–H and O–H groups in total. The highest BCUT2D eigenvalue weighted by Gasteiger charge is 2.27. The lowest BCUT2D eigenvalue weighted by Crippen LogP contribution is -2.33. The van der Waals surface area contributed by atoms with Gasteiger partial charge in [0.15, 0.2) is 0 Å². The minimum atomic E-state index is 0.0588. The summed E-state index contributed by atoms with van der Waals surface area (Å²) in [5.41, 5.74) is 4.87. The maximum absolute atomic E-state index is 12.5. The van der Waals surface area contributed by atoms with Crippen LogP contribution < -0.4 is 5.32 Å². The molecule has 1 aliphatic rings. The number of aryl methyl sites for hydroxylation is 1. The van der Waals surface area contributed by atoms with Crippen molar-refractivity contribution in [1.82, 2.24) is 15.3 Å². The lowest BCUT2D eigenvalue weighted by molar-refractivity contribution is -0.125. The van der Waals surface area contributed by atoms with E-state index in [4.69, 9.17) is 0 Å². The third-order valence-electron chi connectivity index (χ3n) is 4.68. The van der Waals surface area contributed by atoms with Gasteiger partial charge in [0, 0.05) is 41.5 Å². The summed E-state index contributed by atoms with van der Waals surface area (Å²) in [5.74, 6) is 0.210. The molecule has 0 saturated heterocycles. The number of benzene rings is 1. The van der Waals surface area contributed by atoms with Crippen LogP contribution in [0.1, 0.15) is 23.2 Å². The van der Waals surface area contributed by atoms with Gasteiger partial charge in [-0.05, 0) is 48.6 Å². The van der Waals surface area contributed by atoms with Crippen LogP contribution in [0.2, 0.25) is 0 Å². The van der Waals surface area contributed by atoms with Crippen LogP contribution in [0.15, 0.2) is 48.8 Å². The van der Waals surface area contributed by atoms with Gasteiger partial charge >= 0.3 is 0 Å². The summed E-state index contributed by atoms with van der Waals surface area (Å²) in [6, 6.07) is 12.2. The average Bonchev–Trinajstić information content (AvgIpc) is 2.98. The second-order valence-corrected chi connectivity index (χ2v) is 6.14. The Morgan fingerprint density at radius 2 is 2.04 bits per heavy atom. The molecule has 0 radical (unpaired) electrons. The van der Waals surface area contributed by atoms with E-state index in [2.05, 4.69) is 33.5 Å². The van der Waals surface area contributed by atoms with Crippen LogP contribution in [0.5, 0.6) is 0 Å². The van der Waals surface area contributed by atoms with E-state index in [1.807, 2.05) is 18.2 Å². The maximum Gasteiger partial charge on any atom is 0.223 e. The van der Waals surface area contributed by atoms with E-state index in [1.165, 1.54) is 22.2 Å². The Hall–Kier alpha value is -2.62. The van der Waals surface area contributed by atoms with Crippen LogP contribution in [0.3, 0.4) is 0 Å². The zero-order chi connectivity index (χ0) is 15.6. The van der Waals surface area contributed by atoms with Crippen LogP contribution in [-0.2, 0) is 24.2 Å². The predicted octanol–water partition coefficient (Wildman–Crippen LogP) is 2.98. The number of aromatic nitrogens is 2. The molecule has 1 atom stereocenters. The molecule has 0 spiro atoms. The van der Waals surface area contributed by atoms with Crippen molar-refractivity contribution in [3.8, 4) is 0 Å². The zero-order valence-electron chi connectivity index (χ0n) is 12.9. The topological polar surface area (TPSA) is 57.8 Å². The number of hydrogen-bond donors (Lipinski definition) is 2. The van der Waals surface area contributed by atoms with E-state index in [0.29, 0.717) is 6.54 Å². The molecule has 4 rings (SSSR count). The standard InChI is InChI=1S/C19H19N3O/c23-19(21-12-13-7-9-20-10-8-13)14-5-6-18-16(11-14)15-3-1-2-4-17(15)22-18/h1-4,7-10,14,22H,5-6,11-12H2,(H,21,23). The molecule has 0 aliphatic heterocycles. The van der Waals surface area contributed by atoms with E-state index in [-0.39, 0.29) is 11.8 Å². The summed E-state index contributed by atoms with van der Waals surface area (Å²) in [5, 5.41) is 4.32. The highest BCUT2D eigenvalue weighted by Crippen LogP contribution is 2.31. The number of carbonyl (C=O) groups is 1. The Balaban J connectivity index is 1.48. The first kappa shape index (κ1) is 14.0. The lowest BCUT2D eigenvalue weighted by atomic mass is 9.86. The molecule has 1 aliphatic carbocycles. The number of aromatic amines is 1. The predicted molar refractivity (Wildman–Crippen MR) is 89.9 cm³/mol. The van der Waals surface area contributed by atoms with E-state index >= 15 is 0 Å². The Labute approximate surface area is 134 Å². The first-order valence-electron chi connectivity index (χ1n) is 8.06. The minimum Gasteiger partial charge on any atom is -0.358 e. The summed E-state index contributed by atoms with van der Waals surface area (Å²) in [6.07, 6.45) is 6.17. The highest BCUT2D eigenvalue weighted by atomic mass is 16.1. The SMILES string of the molecule is O=C(NCc1ccncc1)C1CCc2[nH]c3ccccc3c2C1. The van der Waals surface area contributed by atoms with Gasteiger partial charge in [-0.2, -0.15) is 0 Å². The van der Waals surface area contributed by atoms with Crippen LogP contribution >= 0.6 is 0 Å². The van der Waals surface area contributed by atoms with Crippen LogP contribution in [0, 0.1) is 5.92 Å². The number of fused-ring (bicyclic) bond motifs is 3. The van der Waals surface area contributed by atoms with Gasteiger partial charge in [0.25, 0.3) is 0 Å². The van der Waals surface area contributed by atoms with Gasteiger partial charge in [0.2, 0.25) is 5.91 Å². The van der Waals surface area contributed by atoms with Crippen LogP contribution in [-0.4, -0.2) is 15.9 Å². The Bertz CT molecular complexity index is 838. The number of rotatable bonds is 3. The molecule has 2 heterocycles. The Morgan fingerprint density at radius 3 is 2.91 bits per heavy atom. The van der Waals surface area contributed by atoms with Crippen molar-refractivity contribution in [3.63, 3.8) is 0 Å². The average molecular weight is 305 g/mol. The number of pyridine rings is 1. The highest BCUT2D eigenvalue weighted by molar-refractivity contribution is 5.87. The van der Waals surface area contributed by atoms with Gasteiger partial charge in [-0.1, -0.05) is 18.2 Å². The van der Waals surface area contributed by atoms with Crippen molar-refractivity contribution in [1.29, 1.82) is 0 Å². The van der Waals surface area contributed by atoms with E-state index in [9.17, 15) is 4.79 Å². The number of amides is 1. The number of carbonyl (C=O) groups excluding carboxylic acids is 1. The molecule has 1 unspecified atom stereocenters. The van der Waals surface area contributed by atoms with Gasteiger partial charge in [-0.25, -0.2) is 0 Å². The summed E-state index contributed by atoms with van der Waals surface area (Å²) >= 11 is 0. The Morgan fingerprint density at radius 1 is 1.22 bits per heavy atom. The van der Waals surface area contributed by atoms with Crippen molar-refractivity contribution in [2.75, 3.05) is 0 Å². The van der Waals surface area contributed by atoms with E-state index in [0.717, 1.165) is 24.8 Å². The molecule has 23 heavy (non-hydrogen) atoms. The minimum absolute atomic E-state index is 0.0588. The van der Waals surface area contributed by atoms with Crippen molar-refractivity contribution in [2.24, 2.45) is 5.92 Å². The molecule has 1 amide bonds. The zero-order valence-corrected chi connectivity index (χ0v) is 12.9. The third kappa shape index (κ3) is 2.72. The fourth-order valence-corrected chi connectivity index (χ4v) is 3.43. The number of H-pyrrole nitrogens is 1. The quantitative estimate of drug-likeness (QED) is 0.781. The van der Waals surface area contributed by atoms with Crippen molar-refractivity contribution < 1.29 is 4.79 Å². The molecular formula is C19H19N3O. The number of para-hydroxylation sites is 1. The molecule has 0 fully saturated rings. The molecule has 1 aromatic carbocycles. The molecule has 4 heteroatoms. The second-order valence-electron chi connectivity index (χ2n) is 6.14. The summed E-state index contributed by atoms with van der Waals surface area (Å²) in [7, 11) is 0. The number of nitrogens with zero attached hydrogens (tertiary/aromatic N) is 1. The fraction of sp³-hybridized carbons (Fsp3) is 0.263. The Kier molecular flexibility index (Phi) is 3.58. The molecule has 116 valence electrons. The summed E-state index contributed by atoms with van der Waals surface area (Å²) < 4.78 is 0. The number of hydrogen-bond acceptors (Lipinski definition) is 2. The van der Waals surface area contributed by atoms with Gasteiger partial charge in [0.1, 0.15) is 0 Å². The van der Waals surface area contributed by atoms with Gasteiger partial charge in [0.05, 0.1) is 0 Å². The van der Waals surface area contributed by atoms with Crippen molar-refractivity contribution in [2.45, 2.75) is 25.8 Å².